The molecule has 0 aliphatic rings. The maximum atomic E-state index is 13.7. The van der Waals surface area contributed by atoms with Crippen LogP contribution in [0.2, 0.25) is 10.0 Å². The molecule has 0 atom stereocenters. The van der Waals surface area contributed by atoms with Gasteiger partial charge in [0.2, 0.25) is 10.0 Å². The summed E-state index contributed by atoms with van der Waals surface area (Å²) >= 11 is 11.4. The summed E-state index contributed by atoms with van der Waals surface area (Å²) in [7, 11) is -4.01. The van der Waals surface area contributed by atoms with Crippen molar-refractivity contribution in [2.75, 3.05) is 13.2 Å². The van der Waals surface area contributed by atoms with Crippen LogP contribution in [0.4, 0.5) is 4.39 Å². The number of rotatable bonds is 7. The standard InChI is InChI=1S/C13H18Cl2FNO3S/c1-3-9(4-2)17(7-8-18)21(19,20)11-6-5-10(14)13(16)12(11)15/h5-6,9,18H,3-4,7-8H2,1-2H3. The summed E-state index contributed by atoms with van der Waals surface area (Å²) < 4.78 is 40.3. The lowest BCUT2D eigenvalue weighted by Crippen LogP contribution is -2.41. The highest BCUT2D eigenvalue weighted by molar-refractivity contribution is 7.89. The predicted molar refractivity (Wildman–Crippen MR) is 81.8 cm³/mol. The summed E-state index contributed by atoms with van der Waals surface area (Å²) in [6.07, 6.45) is 1.15. The molecule has 0 aliphatic heterocycles. The van der Waals surface area contributed by atoms with Crippen molar-refractivity contribution in [2.45, 2.75) is 37.6 Å². The third-order valence-electron chi connectivity index (χ3n) is 3.26. The molecule has 0 unspecified atom stereocenters. The number of hydrogen-bond donors (Lipinski definition) is 1. The third kappa shape index (κ3) is 3.87. The van der Waals surface area contributed by atoms with E-state index in [0.717, 1.165) is 10.4 Å². The highest BCUT2D eigenvalue weighted by Crippen LogP contribution is 2.32. The Morgan fingerprint density at radius 1 is 1.29 bits per heavy atom. The number of nitrogens with zero attached hydrogens (tertiary/aromatic N) is 1. The van der Waals surface area contributed by atoms with Crippen molar-refractivity contribution >= 4 is 33.2 Å². The maximum absolute atomic E-state index is 13.7. The number of sulfonamides is 1. The van der Waals surface area contributed by atoms with Crippen molar-refractivity contribution < 1.29 is 17.9 Å². The van der Waals surface area contributed by atoms with Gasteiger partial charge in [0.25, 0.3) is 0 Å². The van der Waals surface area contributed by atoms with E-state index in [1.807, 2.05) is 13.8 Å². The van der Waals surface area contributed by atoms with Crippen LogP contribution in [0.1, 0.15) is 26.7 Å². The number of halogens is 3. The molecule has 0 aliphatic carbocycles. The Labute approximate surface area is 134 Å². The molecule has 0 amide bonds. The van der Waals surface area contributed by atoms with Crippen LogP contribution in [0.3, 0.4) is 0 Å². The van der Waals surface area contributed by atoms with E-state index in [9.17, 15) is 12.8 Å². The van der Waals surface area contributed by atoms with Crippen LogP contribution in [0.15, 0.2) is 17.0 Å². The molecule has 0 radical (unpaired) electrons. The first kappa shape index (κ1) is 18.6. The van der Waals surface area contributed by atoms with E-state index in [-0.39, 0.29) is 29.1 Å². The lowest BCUT2D eigenvalue weighted by molar-refractivity contribution is 0.219. The van der Waals surface area contributed by atoms with E-state index in [1.54, 1.807) is 0 Å². The van der Waals surface area contributed by atoms with Gasteiger partial charge in [0.1, 0.15) is 4.90 Å². The van der Waals surface area contributed by atoms with E-state index >= 15 is 0 Å². The molecular weight excluding hydrogens is 340 g/mol. The van der Waals surface area contributed by atoms with Crippen molar-refractivity contribution in [1.82, 2.24) is 4.31 Å². The van der Waals surface area contributed by atoms with E-state index in [1.165, 1.54) is 6.07 Å². The quantitative estimate of drug-likeness (QED) is 0.761. The first-order valence-corrected chi connectivity index (χ1v) is 8.77. The Balaban J connectivity index is 3.39. The van der Waals surface area contributed by atoms with Crippen molar-refractivity contribution in [3.8, 4) is 0 Å². The van der Waals surface area contributed by atoms with Crippen LogP contribution in [-0.4, -0.2) is 37.0 Å². The fraction of sp³-hybridized carbons (Fsp3) is 0.538. The molecule has 4 nitrogen and oxygen atoms in total. The Morgan fingerprint density at radius 2 is 1.86 bits per heavy atom. The average Bonchev–Trinajstić information content (AvgIpc) is 2.44. The molecule has 0 saturated heterocycles. The Kier molecular flexibility index (Phi) is 6.87. The minimum Gasteiger partial charge on any atom is -0.395 e. The topological polar surface area (TPSA) is 57.6 Å². The van der Waals surface area contributed by atoms with Crippen molar-refractivity contribution in [2.24, 2.45) is 0 Å². The third-order valence-corrected chi connectivity index (χ3v) is 6.02. The summed E-state index contributed by atoms with van der Waals surface area (Å²) in [5, 5.41) is 8.35. The minimum atomic E-state index is -4.01. The van der Waals surface area contributed by atoms with Crippen LogP contribution in [-0.2, 0) is 10.0 Å². The number of benzene rings is 1. The molecule has 21 heavy (non-hydrogen) atoms. The van der Waals surface area contributed by atoms with Gasteiger partial charge >= 0.3 is 0 Å². The maximum Gasteiger partial charge on any atom is 0.244 e. The predicted octanol–water partition coefficient (Wildman–Crippen LogP) is 3.30. The zero-order valence-corrected chi connectivity index (χ0v) is 14.1. The molecule has 0 heterocycles. The van der Waals surface area contributed by atoms with E-state index in [2.05, 4.69) is 0 Å². The first-order valence-electron chi connectivity index (χ1n) is 6.57. The summed E-state index contributed by atoms with van der Waals surface area (Å²) in [4.78, 5) is -0.341. The fourth-order valence-corrected chi connectivity index (χ4v) is 4.61. The smallest absolute Gasteiger partial charge is 0.244 e. The highest BCUT2D eigenvalue weighted by Gasteiger charge is 2.32. The van der Waals surface area contributed by atoms with Gasteiger partial charge in [-0.2, -0.15) is 4.31 Å². The molecule has 120 valence electrons. The number of aliphatic hydroxyl groups is 1. The molecule has 0 saturated carbocycles. The van der Waals surface area contributed by atoms with Gasteiger partial charge in [-0.25, -0.2) is 12.8 Å². The van der Waals surface area contributed by atoms with Crippen LogP contribution < -0.4 is 0 Å². The van der Waals surface area contributed by atoms with Gasteiger partial charge in [-0.1, -0.05) is 37.0 Å². The lowest BCUT2D eigenvalue weighted by Gasteiger charge is -2.29. The number of hydrogen-bond acceptors (Lipinski definition) is 3. The van der Waals surface area contributed by atoms with E-state index in [0.29, 0.717) is 12.8 Å². The Morgan fingerprint density at radius 3 is 2.33 bits per heavy atom. The van der Waals surface area contributed by atoms with Crippen molar-refractivity contribution in [3.05, 3.63) is 28.0 Å². The molecule has 1 N–H and O–H groups in total. The molecule has 0 fully saturated rings. The van der Waals surface area contributed by atoms with Crippen LogP contribution >= 0.6 is 23.2 Å². The van der Waals surface area contributed by atoms with E-state index < -0.39 is 20.9 Å². The molecule has 1 aromatic carbocycles. The first-order chi connectivity index (χ1) is 9.81. The average molecular weight is 358 g/mol. The van der Waals surface area contributed by atoms with Gasteiger partial charge in [-0.3, -0.25) is 0 Å². The zero-order chi connectivity index (χ0) is 16.2. The molecule has 0 spiro atoms. The van der Waals surface area contributed by atoms with Crippen LogP contribution in [0.5, 0.6) is 0 Å². The van der Waals surface area contributed by atoms with Crippen LogP contribution in [0.25, 0.3) is 0 Å². The zero-order valence-electron chi connectivity index (χ0n) is 11.8. The van der Waals surface area contributed by atoms with Crippen LogP contribution in [0, 0.1) is 5.82 Å². The largest absolute Gasteiger partial charge is 0.395 e. The number of aliphatic hydroxyl groups excluding tert-OH is 1. The van der Waals surface area contributed by atoms with Gasteiger partial charge in [-0.15, -0.1) is 0 Å². The molecule has 0 bridgehead atoms. The Hall–Kier alpha value is -0.400. The second kappa shape index (κ2) is 7.74. The lowest BCUT2D eigenvalue weighted by atomic mass is 10.2. The summed E-state index contributed by atoms with van der Waals surface area (Å²) in [5.41, 5.74) is 0. The van der Waals surface area contributed by atoms with Crippen molar-refractivity contribution in [1.29, 1.82) is 0 Å². The fourth-order valence-electron chi connectivity index (χ4n) is 2.13. The monoisotopic (exact) mass is 357 g/mol. The molecule has 1 aromatic rings. The van der Waals surface area contributed by atoms with Gasteiger partial charge in [0, 0.05) is 12.6 Å². The van der Waals surface area contributed by atoms with Gasteiger partial charge < -0.3 is 5.11 Å². The normalized spacial score (nSPS) is 12.4. The SMILES string of the molecule is CCC(CC)N(CCO)S(=O)(=O)c1ccc(Cl)c(F)c1Cl. The second-order valence-electron chi connectivity index (χ2n) is 4.48. The van der Waals surface area contributed by atoms with Gasteiger partial charge in [0.05, 0.1) is 16.7 Å². The van der Waals surface area contributed by atoms with Gasteiger partial charge in [0.15, 0.2) is 5.82 Å². The Bertz CT molecular complexity index is 591. The molecule has 8 heteroatoms. The molecule has 0 aromatic heterocycles. The summed E-state index contributed by atoms with van der Waals surface area (Å²) in [6.45, 7) is 3.29. The van der Waals surface area contributed by atoms with E-state index in [4.69, 9.17) is 28.3 Å². The molecule has 1 rings (SSSR count). The molecular formula is C13H18Cl2FNO3S. The van der Waals surface area contributed by atoms with Crippen molar-refractivity contribution in [3.63, 3.8) is 0 Å². The highest BCUT2D eigenvalue weighted by atomic mass is 35.5. The minimum absolute atomic E-state index is 0.0742. The van der Waals surface area contributed by atoms with Gasteiger partial charge in [-0.05, 0) is 25.0 Å². The summed E-state index contributed by atoms with van der Waals surface area (Å²) in [6, 6.07) is 2.03. The summed E-state index contributed by atoms with van der Waals surface area (Å²) in [5.74, 6) is -0.965. The second-order valence-corrected chi connectivity index (χ2v) is 7.13.